The quantitative estimate of drug-likeness (QED) is 0.769. The van der Waals surface area contributed by atoms with E-state index in [-0.39, 0.29) is 11.8 Å². The average Bonchev–Trinajstić information content (AvgIpc) is 2.90. The van der Waals surface area contributed by atoms with Crippen LogP contribution in [-0.4, -0.2) is 57.8 Å². The highest BCUT2D eigenvalue weighted by atomic mass is 32.2. The smallest absolute Gasteiger partial charge is 0.213 e. The fourth-order valence-electron chi connectivity index (χ4n) is 2.32. The average molecular weight is 317 g/mol. The molecule has 0 aromatic carbocycles. The van der Waals surface area contributed by atoms with Gasteiger partial charge in [-0.05, 0) is 24.8 Å². The fourth-order valence-corrected chi connectivity index (χ4v) is 4.47. The molecule has 0 amide bonds. The van der Waals surface area contributed by atoms with Gasteiger partial charge in [0, 0.05) is 43.6 Å². The molecule has 1 saturated heterocycles. The number of piperazine rings is 1. The van der Waals surface area contributed by atoms with E-state index in [0.717, 1.165) is 32.6 Å². The Morgan fingerprint density at radius 1 is 1.45 bits per heavy atom. The molecule has 2 rings (SSSR count). The molecule has 1 unspecified atom stereocenters. The Hall–Kier alpha value is -0.470. The molecule has 114 valence electrons. The zero-order valence-corrected chi connectivity index (χ0v) is 13.5. The Labute approximate surface area is 125 Å². The third kappa shape index (κ3) is 5.49. The topological polar surface area (TPSA) is 61.4 Å². The van der Waals surface area contributed by atoms with Crippen molar-refractivity contribution in [1.29, 1.82) is 0 Å². The van der Waals surface area contributed by atoms with Gasteiger partial charge in [-0.3, -0.25) is 4.90 Å². The predicted molar refractivity (Wildman–Crippen MR) is 83.7 cm³/mol. The molecule has 0 spiro atoms. The molecule has 1 aromatic rings. The van der Waals surface area contributed by atoms with Crippen LogP contribution in [0.3, 0.4) is 0 Å². The van der Waals surface area contributed by atoms with E-state index in [1.807, 2.05) is 24.4 Å². The van der Waals surface area contributed by atoms with Crippen molar-refractivity contribution in [3.63, 3.8) is 0 Å². The summed E-state index contributed by atoms with van der Waals surface area (Å²) in [7, 11) is -3.19. The standard InChI is InChI=1S/C13H23N3O2S2/c1-12(11-13-3-2-9-19-13)15-20(17,18)10-8-16-6-4-14-5-7-16/h2-3,9,12,14-15H,4-8,10-11H2,1H3. The van der Waals surface area contributed by atoms with E-state index in [2.05, 4.69) is 14.9 Å². The van der Waals surface area contributed by atoms with Crippen LogP contribution < -0.4 is 10.0 Å². The molecule has 2 heterocycles. The van der Waals surface area contributed by atoms with Gasteiger partial charge in [0.05, 0.1) is 5.75 Å². The Morgan fingerprint density at radius 3 is 2.85 bits per heavy atom. The molecule has 0 saturated carbocycles. The number of rotatable bonds is 7. The fraction of sp³-hybridized carbons (Fsp3) is 0.692. The van der Waals surface area contributed by atoms with Gasteiger partial charge >= 0.3 is 0 Å². The number of hydrogen-bond acceptors (Lipinski definition) is 5. The second-order valence-electron chi connectivity index (χ2n) is 5.21. The minimum atomic E-state index is -3.19. The Kier molecular flexibility index (Phi) is 5.98. The summed E-state index contributed by atoms with van der Waals surface area (Å²) in [6, 6.07) is 3.98. The highest BCUT2D eigenvalue weighted by Crippen LogP contribution is 2.11. The summed E-state index contributed by atoms with van der Waals surface area (Å²) in [5, 5.41) is 5.28. The second-order valence-corrected chi connectivity index (χ2v) is 8.12. The van der Waals surface area contributed by atoms with Crippen molar-refractivity contribution in [3.05, 3.63) is 22.4 Å². The molecule has 1 aliphatic rings. The third-order valence-electron chi connectivity index (χ3n) is 3.35. The van der Waals surface area contributed by atoms with Crippen molar-refractivity contribution in [2.45, 2.75) is 19.4 Å². The molecule has 1 aromatic heterocycles. The third-order valence-corrected chi connectivity index (χ3v) is 5.73. The van der Waals surface area contributed by atoms with E-state index in [4.69, 9.17) is 0 Å². The summed E-state index contributed by atoms with van der Waals surface area (Å²) < 4.78 is 26.9. The molecule has 1 atom stereocenters. The van der Waals surface area contributed by atoms with E-state index < -0.39 is 10.0 Å². The van der Waals surface area contributed by atoms with Gasteiger partial charge in [0.25, 0.3) is 0 Å². The number of hydrogen-bond donors (Lipinski definition) is 2. The Bertz CT molecular complexity index is 482. The Morgan fingerprint density at radius 2 is 2.20 bits per heavy atom. The van der Waals surface area contributed by atoms with Gasteiger partial charge in [-0.2, -0.15) is 0 Å². The first-order valence-corrected chi connectivity index (χ1v) is 9.54. The van der Waals surface area contributed by atoms with Crippen molar-refractivity contribution in [2.75, 3.05) is 38.5 Å². The van der Waals surface area contributed by atoms with E-state index in [1.165, 1.54) is 4.88 Å². The zero-order chi connectivity index (χ0) is 14.4. The van der Waals surface area contributed by atoms with Crippen LogP contribution in [0.5, 0.6) is 0 Å². The summed E-state index contributed by atoms with van der Waals surface area (Å²) in [5.41, 5.74) is 0. The lowest BCUT2D eigenvalue weighted by molar-refractivity contribution is 0.253. The molecule has 1 fully saturated rings. The molecule has 2 N–H and O–H groups in total. The largest absolute Gasteiger partial charge is 0.314 e. The van der Waals surface area contributed by atoms with Crippen molar-refractivity contribution in [3.8, 4) is 0 Å². The molecular formula is C13H23N3O2S2. The van der Waals surface area contributed by atoms with E-state index in [9.17, 15) is 8.42 Å². The number of sulfonamides is 1. The van der Waals surface area contributed by atoms with Crippen LogP contribution in [0.4, 0.5) is 0 Å². The van der Waals surface area contributed by atoms with Crippen LogP contribution >= 0.6 is 11.3 Å². The molecule has 5 nitrogen and oxygen atoms in total. The lowest BCUT2D eigenvalue weighted by Gasteiger charge is -2.27. The van der Waals surface area contributed by atoms with Crippen LogP contribution in [0.1, 0.15) is 11.8 Å². The maximum absolute atomic E-state index is 12.1. The monoisotopic (exact) mass is 317 g/mol. The van der Waals surface area contributed by atoms with Crippen molar-refractivity contribution < 1.29 is 8.42 Å². The Balaban J connectivity index is 1.74. The first-order chi connectivity index (χ1) is 9.55. The molecular weight excluding hydrogens is 294 g/mol. The SMILES string of the molecule is CC(Cc1cccs1)NS(=O)(=O)CCN1CCNCC1. The van der Waals surface area contributed by atoms with E-state index in [0.29, 0.717) is 6.54 Å². The van der Waals surface area contributed by atoms with Gasteiger partial charge in [0.2, 0.25) is 10.0 Å². The number of thiophene rings is 1. The van der Waals surface area contributed by atoms with E-state index >= 15 is 0 Å². The van der Waals surface area contributed by atoms with Crippen LogP contribution in [0.25, 0.3) is 0 Å². The summed E-state index contributed by atoms with van der Waals surface area (Å²) >= 11 is 1.66. The van der Waals surface area contributed by atoms with Crippen LogP contribution in [0.2, 0.25) is 0 Å². The minimum Gasteiger partial charge on any atom is -0.314 e. The van der Waals surface area contributed by atoms with Crippen LogP contribution in [0.15, 0.2) is 17.5 Å². The first-order valence-electron chi connectivity index (χ1n) is 7.00. The van der Waals surface area contributed by atoms with Gasteiger partial charge in [-0.1, -0.05) is 6.07 Å². The maximum Gasteiger partial charge on any atom is 0.213 e. The lowest BCUT2D eigenvalue weighted by atomic mass is 10.2. The highest BCUT2D eigenvalue weighted by Gasteiger charge is 2.18. The molecule has 0 aliphatic carbocycles. The van der Waals surface area contributed by atoms with E-state index in [1.54, 1.807) is 11.3 Å². The van der Waals surface area contributed by atoms with Gasteiger partial charge in [-0.15, -0.1) is 11.3 Å². The number of nitrogens with zero attached hydrogens (tertiary/aromatic N) is 1. The van der Waals surface area contributed by atoms with Gasteiger partial charge in [0.1, 0.15) is 0 Å². The van der Waals surface area contributed by atoms with Crippen LogP contribution in [0, 0.1) is 0 Å². The van der Waals surface area contributed by atoms with Crippen LogP contribution in [-0.2, 0) is 16.4 Å². The summed E-state index contributed by atoms with van der Waals surface area (Å²) in [4.78, 5) is 3.40. The molecule has 7 heteroatoms. The second kappa shape index (κ2) is 7.51. The summed E-state index contributed by atoms with van der Waals surface area (Å²) in [6.07, 6.45) is 0.754. The van der Waals surface area contributed by atoms with Crippen molar-refractivity contribution in [1.82, 2.24) is 14.9 Å². The summed E-state index contributed by atoms with van der Waals surface area (Å²) in [6.45, 7) is 6.29. The lowest BCUT2D eigenvalue weighted by Crippen LogP contribution is -2.46. The van der Waals surface area contributed by atoms with Gasteiger partial charge in [-0.25, -0.2) is 13.1 Å². The van der Waals surface area contributed by atoms with Gasteiger partial charge < -0.3 is 5.32 Å². The van der Waals surface area contributed by atoms with Crippen molar-refractivity contribution in [2.24, 2.45) is 0 Å². The minimum absolute atomic E-state index is 0.0540. The predicted octanol–water partition coefficient (Wildman–Crippen LogP) is 0.504. The normalized spacial score (nSPS) is 19.1. The molecule has 0 bridgehead atoms. The zero-order valence-electron chi connectivity index (χ0n) is 11.8. The molecule has 20 heavy (non-hydrogen) atoms. The highest BCUT2D eigenvalue weighted by molar-refractivity contribution is 7.89. The summed E-state index contributed by atoms with van der Waals surface area (Å²) in [5.74, 6) is 0.182. The van der Waals surface area contributed by atoms with Gasteiger partial charge in [0.15, 0.2) is 0 Å². The van der Waals surface area contributed by atoms with Crippen molar-refractivity contribution >= 4 is 21.4 Å². The molecule has 1 aliphatic heterocycles. The maximum atomic E-state index is 12.1. The first kappa shape index (κ1) is 15.9. The molecule has 0 radical (unpaired) electrons. The number of nitrogens with one attached hydrogen (secondary N) is 2.